The van der Waals surface area contributed by atoms with Crippen LogP contribution in [0, 0.1) is 6.92 Å². The second-order valence-corrected chi connectivity index (χ2v) is 8.33. The topological polar surface area (TPSA) is 81.4 Å². The molecule has 0 radical (unpaired) electrons. The predicted octanol–water partition coefficient (Wildman–Crippen LogP) is 4.17. The van der Waals surface area contributed by atoms with Gasteiger partial charge >= 0.3 is 0 Å². The number of aromatic nitrogens is 1. The van der Waals surface area contributed by atoms with E-state index in [9.17, 15) is 8.42 Å². The van der Waals surface area contributed by atoms with Crippen molar-refractivity contribution in [2.45, 2.75) is 11.1 Å². The zero-order valence-electron chi connectivity index (χ0n) is 12.7. The lowest BCUT2D eigenvalue weighted by atomic mass is 10.3. The lowest BCUT2D eigenvalue weighted by Gasteiger charge is -2.11. The number of benzene rings is 1. The van der Waals surface area contributed by atoms with E-state index in [0.717, 1.165) is 17.0 Å². The van der Waals surface area contributed by atoms with E-state index < -0.39 is 10.0 Å². The summed E-state index contributed by atoms with van der Waals surface area (Å²) in [6, 6.07) is 9.64. The molecule has 0 atom stereocenters. The molecule has 0 saturated carbocycles. The van der Waals surface area contributed by atoms with Crippen LogP contribution in [0.3, 0.4) is 0 Å². The van der Waals surface area contributed by atoms with Crippen molar-refractivity contribution < 1.29 is 17.7 Å². The van der Waals surface area contributed by atoms with Crippen molar-refractivity contribution in [1.29, 1.82) is 0 Å². The van der Waals surface area contributed by atoms with Crippen LogP contribution in [-0.4, -0.2) is 20.7 Å². The van der Waals surface area contributed by atoms with Crippen molar-refractivity contribution in [1.82, 2.24) is 5.16 Å². The standard InChI is InChI=1S/C15H13ClN2O4S2/c1-9-7-13(22-17-9)14-5-6-15(23-14)24(19,20)18-11-8-10(16)3-4-12(11)21-2/h3-8,18H,1-2H3. The fraction of sp³-hybridized carbons (Fsp3) is 0.133. The van der Waals surface area contributed by atoms with Crippen LogP contribution < -0.4 is 9.46 Å². The van der Waals surface area contributed by atoms with E-state index in [1.165, 1.54) is 19.2 Å². The smallest absolute Gasteiger partial charge is 0.271 e. The molecule has 2 heterocycles. The van der Waals surface area contributed by atoms with Gasteiger partial charge in [-0.15, -0.1) is 11.3 Å². The molecular formula is C15H13ClN2O4S2. The minimum atomic E-state index is -3.78. The molecule has 126 valence electrons. The van der Waals surface area contributed by atoms with Crippen molar-refractivity contribution in [2.75, 3.05) is 11.8 Å². The number of aryl methyl sites for hydroxylation is 1. The summed E-state index contributed by atoms with van der Waals surface area (Å²) in [7, 11) is -2.32. The Morgan fingerprint density at radius 2 is 2.04 bits per heavy atom. The molecule has 0 saturated heterocycles. The van der Waals surface area contributed by atoms with Gasteiger partial charge in [0.15, 0.2) is 5.76 Å². The zero-order chi connectivity index (χ0) is 17.3. The number of halogens is 1. The van der Waals surface area contributed by atoms with Crippen molar-refractivity contribution >= 4 is 38.6 Å². The average Bonchev–Trinajstić information content (AvgIpc) is 3.16. The van der Waals surface area contributed by atoms with Crippen LogP contribution in [0.1, 0.15) is 5.69 Å². The summed E-state index contributed by atoms with van der Waals surface area (Å²) < 4.78 is 38.1. The predicted molar refractivity (Wildman–Crippen MR) is 93.4 cm³/mol. The van der Waals surface area contributed by atoms with Crippen molar-refractivity contribution in [3.8, 4) is 16.4 Å². The summed E-state index contributed by atoms with van der Waals surface area (Å²) >= 11 is 7.01. The van der Waals surface area contributed by atoms with E-state index in [1.54, 1.807) is 31.2 Å². The van der Waals surface area contributed by atoms with E-state index in [-0.39, 0.29) is 9.90 Å². The number of hydrogen-bond donors (Lipinski definition) is 1. The summed E-state index contributed by atoms with van der Waals surface area (Å²) in [4.78, 5) is 0.675. The van der Waals surface area contributed by atoms with Crippen LogP contribution in [0.25, 0.3) is 10.6 Å². The molecule has 1 N–H and O–H groups in total. The largest absolute Gasteiger partial charge is 0.495 e. The molecule has 0 aliphatic carbocycles. The Morgan fingerprint density at radius 3 is 2.71 bits per heavy atom. The maximum Gasteiger partial charge on any atom is 0.271 e. The van der Waals surface area contributed by atoms with Gasteiger partial charge in [0.1, 0.15) is 9.96 Å². The first-order valence-electron chi connectivity index (χ1n) is 6.79. The van der Waals surface area contributed by atoms with E-state index in [2.05, 4.69) is 9.88 Å². The minimum absolute atomic E-state index is 0.147. The highest BCUT2D eigenvalue weighted by atomic mass is 35.5. The second-order valence-electron chi connectivity index (χ2n) is 4.90. The van der Waals surface area contributed by atoms with Gasteiger partial charge in [-0.3, -0.25) is 4.72 Å². The Hall–Kier alpha value is -2.03. The third-order valence-corrected chi connectivity index (χ3v) is 6.32. The number of thiophene rings is 1. The van der Waals surface area contributed by atoms with Gasteiger partial charge < -0.3 is 9.26 Å². The summed E-state index contributed by atoms with van der Waals surface area (Å²) in [6.45, 7) is 1.80. The minimum Gasteiger partial charge on any atom is -0.495 e. The van der Waals surface area contributed by atoms with Gasteiger partial charge in [0.25, 0.3) is 10.0 Å². The monoisotopic (exact) mass is 384 g/mol. The number of anilines is 1. The molecule has 3 rings (SSSR count). The molecule has 2 aromatic heterocycles. The lowest BCUT2D eigenvalue weighted by molar-refractivity contribution is 0.417. The van der Waals surface area contributed by atoms with E-state index in [4.69, 9.17) is 20.9 Å². The number of nitrogens with zero attached hydrogens (tertiary/aromatic N) is 1. The molecule has 1 aromatic carbocycles. The summed E-state index contributed by atoms with van der Waals surface area (Å²) in [6.07, 6.45) is 0. The van der Waals surface area contributed by atoms with Gasteiger partial charge in [-0.2, -0.15) is 0 Å². The fourth-order valence-corrected chi connectivity index (χ4v) is 4.52. The first-order valence-corrected chi connectivity index (χ1v) is 9.47. The highest BCUT2D eigenvalue weighted by Crippen LogP contribution is 2.34. The van der Waals surface area contributed by atoms with Gasteiger partial charge in [0.2, 0.25) is 0 Å². The second kappa shape index (κ2) is 6.46. The third kappa shape index (κ3) is 3.40. The number of ether oxygens (including phenoxy) is 1. The van der Waals surface area contributed by atoms with Crippen LogP contribution in [0.5, 0.6) is 5.75 Å². The molecule has 0 unspecified atom stereocenters. The van der Waals surface area contributed by atoms with Gasteiger partial charge in [-0.25, -0.2) is 8.42 Å². The number of sulfonamides is 1. The number of methoxy groups -OCH3 is 1. The molecule has 0 bridgehead atoms. The Balaban J connectivity index is 1.92. The normalized spacial score (nSPS) is 11.5. The maximum absolute atomic E-state index is 12.6. The van der Waals surface area contributed by atoms with Crippen molar-refractivity contribution in [3.05, 3.63) is 47.1 Å². The van der Waals surface area contributed by atoms with Gasteiger partial charge in [0.05, 0.1) is 23.4 Å². The average molecular weight is 385 g/mol. The van der Waals surface area contributed by atoms with Gasteiger partial charge in [-0.05, 0) is 37.3 Å². The molecule has 0 spiro atoms. The molecule has 0 aliphatic rings. The maximum atomic E-state index is 12.6. The van der Waals surface area contributed by atoms with Crippen LogP contribution in [0.15, 0.2) is 45.1 Å². The molecule has 0 fully saturated rings. The fourth-order valence-electron chi connectivity index (χ4n) is 2.03. The first-order chi connectivity index (χ1) is 11.4. The summed E-state index contributed by atoms with van der Waals surface area (Å²) in [5.74, 6) is 0.907. The van der Waals surface area contributed by atoms with Crippen LogP contribution in [-0.2, 0) is 10.0 Å². The Morgan fingerprint density at radius 1 is 1.25 bits per heavy atom. The number of nitrogens with one attached hydrogen (secondary N) is 1. The SMILES string of the molecule is COc1ccc(Cl)cc1NS(=O)(=O)c1ccc(-c2cc(C)no2)s1. The lowest BCUT2D eigenvalue weighted by Crippen LogP contribution is -2.12. The molecule has 6 nitrogen and oxygen atoms in total. The van der Waals surface area contributed by atoms with Gasteiger partial charge in [-0.1, -0.05) is 16.8 Å². The summed E-state index contributed by atoms with van der Waals surface area (Å²) in [5.41, 5.74) is 1.00. The van der Waals surface area contributed by atoms with E-state index in [0.29, 0.717) is 21.4 Å². The molecule has 9 heteroatoms. The van der Waals surface area contributed by atoms with Gasteiger partial charge in [0, 0.05) is 11.1 Å². The quantitative estimate of drug-likeness (QED) is 0.713. The highest BCUT2D eigenvalue weighted by molar-refractivity contribution is 7.94. The number of rotatable bonds is 5. The molecule has 0 amide bonds. The van der Waals surface area contributed by atoms with E-state index >= 15 is 0 Å². The number of hydrogen-bond acceptors (Lipinski definition) is 6. The highest BCUT2D eigenvalue weighted by Gasteiger charge is 2.20. The molecule has 24 heavy (non-hydrogen) atoms. The zero-order valence-corrected chi connectivity index (χ0v) is 15.1. The third-order valence-electron chi connectivity index (χ3n) is 3.12. The first kappa shape index (κ1) is 16.8. The molecule has 3 aromatic rings. The van der Waals surface area contributed by atoms with Crippen molar-refractivity contribution in [3.63, 3.8) is 0 Å². The van der Waals surface area contributed by atoms with E-state index in [1.807, 2.05) is 0 Å². The summed E-state index contributed by atoms with van der Waals surface area (Å²) in [5, 5.41) is 4.20. The Bertz CT molecular complexity index is 979. The van der Waals surface area contributed by atoms with Crippen molar-refractivity contribution in [2.24, 2.45) is 0 Å². The Labute approximate surface area is 148 Å². The molecular weight excluding hydrogens is 372 g/mol. The van der Waals surface area contributed by atoms with Crippen LogP contribution in [0.4, 0.5) is 5.69 Å². The van der Waals surface area contributed by atoms with Crippen LogP contribution >= 0.6 is 22.9 Å². The van der Waals surface area contributed by atoms with Crippen LogP contribution in [0.2, 0.25) is 5.02 Å². The molecule has 0 aliphatic heterocycles. The Kier molecular flexibility index (Phi) is 4.53.